The first-order valence-electron chi connectivity index (χ1n) is 17.0. The van der Waals surface area contributed by atoms with Crippen LogP contribution in [0.3, 0.4) is 0 Å². The molecule has 0 unspecified atom stereocenters. The van der Waals surface area contributed by atoms with Gasteiger partial charge in [0.25, 0.3) is 0 Å². The summed E-state index contributed by atoms with van der Waals surface area (Å²) < 4.78 is 39.0. The third-order valence-corrected chi connectivity index (χ3v) is 9.41. The fraction of sp³-hybridized carbons (Fsp3) is 0.568. The van der Waals surface area contributed by atoms with Crippen molar-refractivity contribution in [3.8, 4) is 0 Å². The maximum Gasteiger partial charge on any atom is 0.416 e. The molecule has 1 aliphatic carbocycles. The minimum absolute atomic E-state index is 0.0702. The molecule has 5 nitrogen and oxygen atoms in total. The SMILES string of the molecule is CCc1cccc(CC)c1CCCC(=O)NCCCCN1CCC(NC(=O)C2=C(c3ccc(C(F)(F)F)cc3)CCCC2)CC1. The van der Waals surface area contributed by atoms with E-state index in [0.29, 0.717) is 31.4 Å². The molecule has 8 heteroatoms. The Balaban J connectivity index is 1.12. The van der Waals surface area contributed by atoms with Gasteiger partial charge in [-0.3, -0.25) is 9.59 Å². The maximum absolute atomic E-state index is 13.3. The summed E-state index contributed by atoms with van der Waals surface area (Å²) in [6, 6.07) is 11.8. The lowest BCUT2D eigenvalue weighted by Gasteiger charge is -2.33. The molecule has 0 aromatic heterocycles. The van der Waals surface area contributed by atoms with Gasteiger partial charge in [0, 0.05) is 37.7 Å². The standard InChI is InChI=1S/C37H50F3N3O2/c1-3-27-11-9-12-28(4-2)32(27)15-10-16-35(44)41-23-7-8-24-43-25-21-31(22-26-43)42-36(45)34-14-6-5-13-33(34)29-17-19-30(20-18-29)37(38,39)40/h9,11-12,17-20,31H,3-8,10,13-16,21-26H2,1-2H3,(H,41,44)(H,42,45). The summed E-state index contributed by atoms with van der Waals surface area (Å²) in [5.41, 5.74) is 5.86. The number of amides is 2. The van der Waals surface area contributed by atoms with Gasteiger partial charge in [-0.05, 0) is 124 Å². The monoisotopic (exact) mass is 625 g/mol. The Morgan fingerprint density at radius 2 is 1.56 bits per heavy atom. The number of benzene rings is 2. The highest BCUT2D eigenvalue weighted by Gasteiger charge is 2.31. The van der Waals surface area contributed by atoms with Crippen LogP contribution >= 0.6 is 0 Å². The molecule has 1 saturated heterocycles. The molecule has 0 spiro atoms. The number of aryl methyl sites for hydroxylation is 2. The molecule has 0 saturated carbocycles. The second-order valence-electron chi connectivity index (χ2n) is 12.5. The van der Waals surface area contributed by atoms with Gasteiger partial charge in [0.05, 0.1) is 5.56 Å². The number of nitrogens with zero attached hydrogens (tertiary/aromatic N) is 1. The molecule has 246 valence electrons. The van der Waals surface area contributed by atoms with Crippen LogP contribution in [0.25, 0.3) is 5.57 Å². The van der Waals surface area contributed by atoms with Crippen LogP contribution in [0.5, 0.6) is 0 Å². The highest BCUT2D eigenvalue weighted by Crippen LogP contribution is 2.35. The molecule has 45 heavy (non-hydrogen) atoms. The highest BCUT2D eigenvalue weighted by atomic mass is 19.4. The Kier molecular flexibility index (Phi) is 13.1. The topological polar surface area (TPSA) is 61.4 Å². The first-order chi connectivity index (χ1) is 21.7. The molecule has 1 heterocycles. The predicted octanol–water partition coefficient (Wildman–Crippen LogP) is 7.66. The lowest BCUT2D eigenvalue weighted by Crippen LogP contribution is -2.45. The third-order valence-electron chi connectivity index (χ3n) is 9.41. The van der Waals surface area contributed by atoms with Gasteiger partial charge < -0.3 is 15.5 Å². The minimum atomic E-state index is -4.37. The molecule has 1 fully saturated rings. The number of alkyl halides is 3. The van der Waals surface area contributed by atoms with Crippen LogP contribution in [-0.4, -0.2) is 48.9 Å². The second-order valence-corrected chi connectivity index (χ2v) is 12.5. The Labute approximate surface area is 267 Å². The molecule has 4 rings (SSSR count). The Bertz CT molecular complexity index is 1270. The zero-order chi connectivity index (χ0) is 32.2. The fourth-order valence-corrected chi connectivity index (χ4v) is 6.78. The average Bonchev–Trinajstić information content (AvgIpc) is 3.05. The number of hydrogen-bond donors (Lipinski definition) is 2. The number of rotatable bonds is 14. The number of unbranched alkanes of at least 4 members (excludes halogenated alkanes) is 1. The summed E-state index contributed by atoms with van der Waals surface area (Å²) in [6.45, 7) is 7.89. The lowest BCUT2D eigenvalue weighted by atomic mass is 9.86. The molecule has 0 atom stereocenters. The first kappa shape index (κ1) is 34.7. The number of carbonyl (C=O) groups is 2. The van der Waals surface area contributed by atoms with Crippen molar-refractivity contribution in [3.05, 3.63) is 75.9 Å². The summed E-state index contributed by atoms with van der Waals surface area (Å²) in [7, 11) is 0. The predicted molar refractivity (Wildman–Crippen MR) is 175 cm³/mol. The van der Waals surface area contributed by atoms with Crippen molar-refractivity contribution in [2.24, 2.45) is 0 Å². The van der Waals surface area contributed by atoms with Crippen molar-refractivity contribution in [2.45, 2.75) is 110 Å². The van der Waals surface area contributed by atoms with Crippen molar-refractivity contribution >= 4 is 17.4 Å². The third kappa shape index (κ3) is 10.2. The van der Waals surface area contributed by atoms with Gasteiger partial charge in [-0.25, -0.2) is 0 Å². The number of halogens is 3. The van der Waals surface area contributed by atoms with Gasteiger partial charge in [0.2, 0.25) is 11.8 Å². The summed E-state index contributed by atoms with van der Waals surface area (Å²) >= 11 is 0. The normalized spacial score (nSPS) is 16.6. The Hall–Kier alpha value is -3.13. The zero-order valence-corrected chi connectivity index (χ0v) is 27.0. The number of carbonyl (C=O) groups excluding carboxylic acids is 2. The molecular formula is C37H50F3N3O2. The van der Waals surface area contributed by atoms with Crippen LogP contribution < -0.4 is 10.6 Å². The molecule has 1 aliphatic heterocycles. The van der Waals surface area contributed by atoms with Gasteiger partial charge in [0.15, 0.2) is 0 Å². The number of nitrogens with one attached hydrogen (secondary N) is 2. The van der Waals surface area contributed by atoms with Crippen molar-refractivity contribution in [1.29, 1.82) is 0 Å². The van der Waals surface area contributed by atoms with E-state index in [0.717, 1.165) is 107 Å². The quantitative estimate of drug-likeness (QED) is 0.212. The number of likely N-dealkylation sites (tertiary alicyclic amines) is 1. The van der Waals surface area contributed by atoms with Crippen LogP contribution in [0.1, 0.15) is 106 Å². The van der Waals surface area contributed by atoms with Gasteiger partial charge >= 0.3 is 6.18 Å². The van der Waals surface area contributed by atoms with Crippen molar-refractivity contribution in [1.82, 2.24) is 15.5 Å². The van der Waals surface area contributed by atoms with E-state index in [9.17, 15) is 22.8 Å². The smallest absolute Gasteiger partial charge is 0.356 e. The van der Waals surface area contributed by atoms with E-state index in [1.54, 1.807) is 0 Å². The van der Waals surface area contributed by atoms with Gasteiger partial charge in [-0.15, -0.1) is 0 Å². The number of piperidine rings is 1. The van der Waals surface area contributed by atoms with Crippen LogP contribution in [0.2, 0.25) is 0 Å². The number of hydrogen-bond acceptors (Lipinski definition) is 3. The largest absolute Gasteiger partial charge is 0.416 e. The molecule has 2 amide bonds. The average molecular weight is 626 g/mol. The highest BCUT2D eigenvalue weighted by molar-refractivity contribution is 6.01. The first-order valence-corrected chi connectivity index (χ1v) is 17.0. The lowest BCUT2D eigenvalue weighted by molar-refractivity contribution is -0.137. The van der Waals surface area contributed by atoms with Gasteiger partial charge in [-0.1, -0.05) is 44.2 Å². The van der Waals surface area contributed by atoms with Crippen LogP contribution in [0.4, 0.5) is 13.2 Å². The summed E-state index contributed by atoms with van der Waals surface area (Å²) in [6.07, 6.45) is 7.00. The summed E-state index contributed by atoms with van der Waals surface area (Å²) in [4.78, 5) is 28.1. The van der Waals surface area contributed by atoms with Crippen LogP contribution in [-0.2, 0) is 35.0 Å². The van der Waals surface area contributed by atoms with E-state index in [1.165, 1.54) is 28.8 Å². The molecule has 0 bridgehead atoms. The van der Waals surface area contributed by atoms with Crippen LogP contribution in [0.15, 0.2) is 48.0 Å². The molecule has 0 radical (unpaired) electrons. The molecule has 2 N–H and O–H groups in total. The van der Waals surface area contributed by atoms with E-state index in [1.807, 2.05) is 0 Å². The Morgan fingerprint density at radius 3 is 2.20 bits per heavy atom. The summed E-state index contributed by atoms with van der Waals surface area (Å²) in [5.74, 6) is 0.0623. The van der Waals surface area contributed by atoms with Crippen molar-refractivity contribution in [3.63, 3.8) is 0 Å². The number of allylic oxidation sites excluding steroid dienone is 1. The van der Waals surface area contributed by atoms with Crippen molar-refractivity contribution < 1.29 is 22.8 Å². The van der Waals surface area contributed by atoms with E-state index in [2.05, 4.69) is 47.6 Å². The van der Waals surface area contributed by atoms with E-state index >= 15 is 0 Å². The fourth-order valence-electron chi connectivity index (χ4n) is 6.78. The minimum Gasteiger partial charge on any atom is -0.356 e. The van der Waals surface area contributed by atoms with E-state index < -0.39 is 11.7 Å². The summed E-state index contributed by atoms with van der Waals surface area (Å²) in [5, 5.41) is 6.31. The van der Waals surface area contributed by atoms with Gasteiger partial charge in [-0.2, -0.15) is 13.2 Å². The molecular weight excluding hydrogens is 575 g/mol. The van der Waals surface area contributed by atoms with E-state index in [-0.39, 0.29) is 17.9 Å². The second kappa shape index (κ2) is 17.0. The zero-order valence-electron chi connectivity index (χ0n) is 27.0. The van der Waals surface area contributed by atoms with E-state index in [4.69, 9.17) is 0 Å². The molecule has 2 aliphatic rings. The van der Waals surface area contributed by atoms with Crippen molar-refractivity contribution in [2.75, 3.05) is 26.2 Å². The van der Waals surface area contributed by atoms with Crippen LogP contribution in [0, 0.1) is 0 Å². The molecule has 2 aromatic carbocycles. The maximum atomic E-state index is 13.3. The molecule has 2 aromatic rings. The van der Waals surface area contributed by atoms with Gasteiger partial charge in [0.1, 0.15) is 0 Å². The Morgan fingerprint density at radius 1 is 0.889 bits per heavy atom.